The van der Waals surface area contributed by atoms with Crippen molar-refractivity contribution in [1.82, 2.24) is 10.6 Å². The molecule has 0 aromatic carbocycles. The van der Waals surface area contributed by atoms with E-state index in [-0.39, 0.29) is 18.2 Å². The van der Waals surface area contributed by atoms with Gasteiger partial charge in [-0.2, -0.15) is 0 Å². The average Bonchev–Trinajstić information content (AvgIpc) is 2.99. The number of hydrogen-bond donors (Lipinski definition) is 2. The Morgan fingerprint density at radius 2 is 2.59 bits per heavy atom. The maximum atomic E-state index is 11.6. The Bertz CT molecular complexity index is 347. The van der Waals surface area contributed by atoms with E-state index in [1.54, 1.807) is 11.3 Å². The Kier molecular flexibility index (Phi) is 4.39. The number of nitrogens with one attached hydrogen (secondary N) is 2. The van der Waals surface area contributed by atoms with Crippen LogP contribution in [-0.4, -0.2) is 25.3 Å². The van der Waals surface area contributed by atoms with Crippen LogP contribution >= 0.6 is 11.3 Å². The standard InChI is InChI=1S/C12H18N2O2S/c1-9(11-5-3-7-17-11)14-12(15)13-8-10-4-2-6-16-10/h3,5,7,9-10H,2,4,6,8H2,1H3,(H2,13,14,15)/t9-,10-/m1/s1. The van der Waals surface area contributed by atoms with Gasteiger partial charge >= 0.3 is 6.03 Å². The summed E-state index contributed by atoms with van der Waals surface area (Å²) in [5.41, 5.74) is 0. The van der Waals surface area contributed by atoms with Crippen molar-refractivity contribution in [3.05, 3.63) is 22.4 Å². The van der Waals surface area contributed by atoms with Gasteiger partial charge in [0, 0.05) is 18.0 Å². The molecule has 17 heavy (non-hydrogen) atoms. The van der Waals surface area contributed by atoms with Crippen molar-refractivity contribution in [3.8, 4) is 0 Å². The number of carbonyl (C=O) groups is 1. The van der Waals surface area contributed by atoms with E-state index in [1.165, 1.54) is 0 Å². The van der Waals surface area contributed by atoms with E-state index >= 15 is 0 Å². The predicted molar refractivity (Wildman–Crippen MR) is 68.2 cm³/mol. The molecule has 94 valence electrons. The van der Waals surface area contributed by atoms with Crippen molar-refractivity contribution in [1.29, 1.82) is 0 Å². The van der Waals surface area contributed by atoms with Gasteiger partial charge in [0.05, 0.1) is 12.1 Å². The molecule has 1 saturated heterocycles. The highest BCUT2D eigenvalue weighted by Gasteiger charge is 2.17. The Labute approximate surface area is 105 Å². The van der Waals surface area contributed by atoms with Crippen LogP contribution in [0.4, 0.5) is 4.79 Å². The zero-order valence-corrected chi connectivity index (χ0v) is 10.8. The van der Waals surface area contributed by atoms with Crippen LogP contribution in [0.15, 0.2) is 17.5 Å². The van der Waals surface area contributed by atoms with Gasteiger partial charge in [0.15, 0.2) is 0 Å². The maximum Gasteiger partial charge on any atom is 0.315 e. The molecule has 0 aliphatic carbocycles. The number of amides is 2. The summed E-state index contributed by atoms with van der Waals surface area (Å²) in [6.45, 7) is 3.40. The van der Waals surface area contributed by atoms with Gasteiger partial charge in [0.1, 0.15) is 0 Å². The summed E-state index contributed by atoms with van der Waals surface area (Å²) < 4.78 is 5.44. The summed E-state index contributed by atoms with van der Waals surface area (Å²) in [4.78, 5) is 12.8. The minimum Gasteiger partial charge on any atom is -0.376 e. The molecule has 1 aromatic rings. The molecule has 1 aromatic heterocycles. The number of thiophene rings is 1. The lowest BCUT2D eigenvalue weighted by molar-refractivity contribution is 0.111. The first-order valence-corrected chi connectivity index (χ1v) is 6.83. The first-order chi connectivity index (χ1) is 8.25. The smallest absolute Gasteiger partial charge is 0.315 e. The number of hydrogen-bond acceptors (Lipinski definition) is 3. The van der Waals surface area contributed by atoms with Crippen LogP contribution in [0.2, 0.25) is 0 Å². The quantitative estimate of drug-likeness (QED) is 0.866. The van der Waals surface area contributed by atoms with Crippen molar-refractivity contribution >= 4 is 17.4 Å². The molecule has 0 spiro atoms. The van der Waals surface area contributed by atoms with E-state index in [4.69, 9.17) is 4.74 Å². The zero-order chi connectivity index (χ0) is 12.1. The summed E-state index contributed by atoms with van der Waals surface area (Å²) in [6, 6.07) is 3.94. The normalized spacial score (nSPS) is 21.1. The van der Waals surface area contributed by atoms with Crippen LogP contribution in [0.3, 0.4) is 0 Å². The first-order valence-electron chi connectivity index (χ1n) is 5.95. The van der Waals surface area contributed by atoms with Crippen molar-refractivity contribution in [2.75, 3.05) is 13.2 Å². The van der Waals surface area contributed by atoms with Crippen molar-refractivity contribution in [2.45, 2.75) is 31.9 Å². The molecule has 0 saturated carbocycles. The third-order valence-electron chi connectivity index (χ3n) is 2.83. The number of urea groups is 1. The molecule has 2 amide bonds. The Balaban J connectivity index is 1.69. The van der Waals surface area contributed by atoms with Gasteiger partial charge in [-0.1, -0.05) is 6.07 Å². The van der Waals surface area contributed by atoms with Gasteiger partial charge in [-0.25, -0.2) is 4.79 Å². The van der Waals surface area contributed by atoms with Crippen molar-refractivity contribution in [3.63, 3.8) is 0 Å². The first kappa shape index (κ1) is 12.4. The number of rotatable bonds is 4. The van der Waals surface area contributed by atoms with Crippen LogP contribution in [0.25, 0.3) is 0 Å². The second kappa shape index (κ2) is 6.02. The highest BCUT2D eigenvalue weighted by Crippen LogP contribution is 2.17. The van der Waals surface area contributed by atoms with E-state index in [0.717, 1.165) is 24.3 Å². The zero-order valence-electron chi connectivity index (χ0n) is 9.94. The molecule has 1 aliphatic heterocycles. The molecule has 2 atom stereocenters. The summed E-state index contributed by atoms with van der Waals surface area (Å²) in [5.74, 6) is 0. The third-order valence-corrected chi connectivity index (χ3v) is 3.89. The van der Waals surface area contributed by atoms with Crippen molar-refractivity contribution < 1.29 is 9.53 Å². The van der Waals surface area contributed by atoms with E-state index in [0.29, 0.717) is 6.54 Å². The van der Waals surface area contributed by atoms with E-state index < -0.39 is 0 Å². The van der Waals surface area contributed by atoms with E-state index in [9.17, 15) is 4.79 Å². The Morgan fingerprint density at radius 3 is 3.24 bits per heavy atom. The topological polar surface area (TPSA) is 50.4 Å². The fourth-order valence-corrected chi connectivity index (χ4v) is 2.60. The fraction of sp³-hybridized carbons (Fsp3) is 0.583. The summed E-state index contributed by atoms with van der Waals surface area (Å²) in [6.07, 6.45) is 2.33. The molecule has 0 unspecified atom stereocenters. The Morgan fingerprint density at radius 1 is 1.71 bits per heavy atom. The van der Waals surface area contributed by atoms with Gasteiger partial charge in [-0.15, -0.1) is 11.3 Å². The van der Waals surface area contributed by atoms with Crippen LogP contribution in [0.5, 0.6) is 0 Å². The maximum absolute atomic E-state index is 11.6. The highest BCUT2D eigenvalue weighted by atomic mass is 32.1. The van der Waals surface area contributed by atoms with E-state index in [1.807, 2.05) is 24.4 Å². The highest BCUT2D eigenvalue weighted by molar-refractivity contribution is 7.10. The monoisotopic (exact) mass is 254 g/mol. The van der Waals surface area contributed by atoms with Gasteiger partial charge in [0.25, 0.3) is 0 Å². The second-order valence-corrected chi connectivity index (χ2v) is 5.21. The third kappa shape index (κ3) is 3.71. The van der Waals surface area contributed by atoms with E-state index in [2.05, 4.69) is 10.6 Å². The minimum absolute atomic E-state index is 0.0551. The minimum atomic E-state index is -0.124. The molecule has 5 heteroatoms. The summed E-state index contributed by atoms with van der Waals surface area (Å²) >= 11 is 1.65. The number of carbonyl (C=O) groups excluding carboxylic acids is 1. The molecule has 1 fully saturated rings. The Hall–Kier alpha value is -1.07. The lowest BCUT2D eigenvalue weighted by atomic mass is 10.2. The molecule has 2 heterocycles. The molecule has 1 aliphatic rings. The average molecular weight is 254 g/mol. The van der Waals surface area contributed by atoms with Crippen LogP contribution < -0.4 is 10.6 Å². The molecular weight excluding hydrogens is 236 g/mol. The van der Waals surface area contributed by atoms with Crippen LogP contribution in [0.1, 0.15) is 30.7 Å². The van der Waals surface area contributed by atoms with Gasteiger partial charge in [-0.05, 0) is 31.2 Å². The lowest BCUT2D eigenvalue weighted by Gasteiger charge is -2.15. The summed E-state index contributed by atoms with van der Waals surface area (Å²) in [5, 5.41) is 7.77. The van der Waals surface area contributed by atoms with Crippen LogP contribution in [0, 0.1) is 0 Å². The van der Waals surface area contributed by atoms with Crippen molar-refractivity contribution in [2.24, 2.45) is 0 Å². The molecular formula is C12H18N2O2S. The largest absolute Gasteiger partial charge is 0.376 e. The van der Waals surface area contributed by atoms with Gasteiger partial charge < -0.3 is 15.4 Å². The van der Waals surface area contributed by atoms with Crippen LogP contribution in [-0.2, 0) is 4.74 Å². The molecule has 2 N–H and O–H groups in total. The molecule has 2 rings (SSSR count). The summed E-state index contributed by atoms with van der Waals surface area (Å²) in [7, 11) is 0. The fourth-order valence-electron chi connectivity index (χ4n) is 1.87. The molecule has 0 radical (unpaired) electrons. The SMILES string of the molecule is C[C@@H](NC(=O)NC[C@H]1CCCO1)c1cccs1. The lowest BCUT2D eigenvalue weighted by Crippen LogP contribution is -2.40. The second-order valence-electron chi connectivity index (χ2n) is 4.23. The predicted octanol–water partition coefficient (Wildman–Crippen LogP) is 2.29. The molecule has 4 nitrogen and oxygen atoms in total. The number of ether oxygens (including phenoxy) is 1. The molecule has 0 bridgehead atoms. The van der Waals surface area contributed by atoms with Gasteiger partial charge in [-0.3, -0.25) is 0 Å². The van der Waals surface area contributed by atoms with Gasteiger partial charge in [0.2, 0.25) is 0 Å².